The molecular weight excluding hydrogens is 226 g/mol. The minimum absolute atomic E-state index is 0.0614. The standard InChI is InChI=1S/C15H23NO2/c1-10-5-6-14-12(7-10)13(16)8-11(18-14)9-15(2,3)17-4/h5-7,11,13H,8-9,16H2,1-4H3/t11?,13-/m1/s1. The summed E-state index contributed by atoms with van der Waals surface area (Å²) in [6, 6.07) is 6.27. The molecule has 3 nitrogen and oxygen atoms in total. The van der Waals surface area contributed by atoms with Crippen molar-refractivity contribution >= 4 is 0 Å². The molecule has 0 spiro atoms. The van der Waals surface area contributed by atoms with E-state index < -0.39 is 0 Å². The number of benzene rings is 1. The first-order chi connectivity index (χ1) is 8.41. The normalized spacial score (nSPS) is 23.4. The van der Waals surface area contributed by atoms with E-state index in [-0.39, 0.29) is 17.7 Å². The Hall–Kier alpha value is -1.06. The Bertz CT molecular complexity index is 429. The third kappa shape index (κ3) is 2.85. The van der Waals surface area contributed by atoms with Gasteiger partial charge in [0.05, 0.1) is 5.60 Å². The Morgan fingerprint density at radius 2 is 2.17 bits per heavy atom. The van der Waals surface area contributed by atoms with Crippen LogP contribution < -0.4 is 10.5 Å². The van der Waals surface area contributed by atoms with Gasteiger partial charge in [0.2, 0.25) is 0 Å². The van der Waals surface area contributed by atoms with Gasteiger partial charge in [-0.15, -0.1) is 0 Å². The van der Waals surface area contributed by atoms with Crippen molar-refractivity contribution in [1.82, 2.24) is 0 Å². The maximum atomic E-state index is 6.25. The fourth-order valence-electron chi connectivity index (χ4n) is 2.46. The molecule has 1 aliphatic rings. The minimum atomic E-state index is -0.174. The zero-order valence-corrected chi connectivity index (χ0v) is 11.7. The SMILES string of the molecule is COC(C)(C)CC1C[C@@H](N)c2cc(C)ccc2O1. The molecule has 2 rings (SSSR count). The lowest BCUT2D eigenvalue weighted by Crippen LogP contribution is -2.36. The van der Waals surface area contributed by atoms with Crippen LogP contribution in [0.3, 0.4) is 0 Å². The van der Waals surface area contributed by atoms with Crippen molar-refractivity contribution in [2.75, 3.05) is 7.11 Å². The molecule has 1 aromatic rings. The Morgan fingerprint density at radius 3 is 2.83 bits per heavy atom. The highest BCUT2D eigenvalue weighted by Gasteiger charge is 2.30. The fourth-order valence-corrected chi connectivity index (χ4v) is 2.46. The highest BCUT2D eigenvalue weighted by molar-refractivity contribution is 5.40. The van der Waals surface area contributed by atoms with Crippen LogP contribution in [-0.4, -0.2) is 18.8 Å². The van der Waals surface area contributed by atoms with Crippen molar-refractivity contribution in [3.63, 3.8) is 0 Å². The minimum Gasteiger partial charge on any atom is -0.490 e. The van der Waals surface area contributed by atoms with Gasteiger partial charge in [0.1, 0.15) is 11.9 Å². The number of fused-ring (bicyclic) bond motifs is 1. The van der Waals surface area contributed by atoms with E-state index in [1.54, 1.807) is 7.11 Å². The molecule has 2 atom stereocenters. The second-order valence-corrected chi connectivity index (χ2v) is 5.79. The van der Waals surface area contributed by atoms with Crippen LogP contribution in [-0.2, 0) is 4.74 Å². The van der Waals surface area contributed by atoms with Crippen LogP contribution >= 0.6 is 0 Å². The average molecular weight is 249 g/mol. The molecule has 0 aliphatic carbocycles. The molecular formula is C15H23NO2. The molecule has 0 bridgehead atoms. The third-order valence-electron chi connectivity index (χ3n) is 3.65. The summed E-state index contributed by atoms with van der Waals surface area (Å²) in [5.74, 6) is 0.927. The molecule has 0 saturated carbocycles. The maximum absolute atomic E-state index is 6.25. The first-order valence-corrected chi connectivity index (χ1v) is 6.49. The number of hydrogen-bond acceptors (Lipinski definition) is 3. The predicted molar refractivity (Wildman–Crippen MR) is 72.8 cm³/mol. The van der Waals surface area contributed by atoms with Crippen LogP contribution in [0, 0.1) is 6.92 Å². The lowest BCUT2D eigenvalue weighted by molar-refractivity contribution is -0.0194. The third-order valence-corrected chi connectivity index (χ3v) is 3.65. The van der Waals surface area contributed by atoms with Gasteiger partial charge in [-0.3, -0.25) is 0 Å². The van der Waals surface area contributed by atoms with Gasteiger partial charge in [-0.25, -0.2) is 0 Å². The molecule has 1 heterocycles. The molecule has 3 heteroatoms. The lowest BCUT2D eigenvalue weighted by atomic mass is 9.90. The maximum Gasteiger partial charge on any atom is 0.124 e. The van der Waals surface area contributed by atoms with Crippen molar-refractivity contribution in [3.8, 4) is 5.75 Å². The number of methoxy groups -OCH3 is 1. The number of rotatable bonds is 3. The second kappa shape index (κ2) is 4.90. The van der Waals surface area contributed by atoms with Gasteiger partial charge in [-0.05, 0) is 26.8 Å². The molecule has 0 saturated heterocycles. The van der Waals surface area contributed by atoms with Gasteiger partial charge in [0.15, 0.2) is 0 Å². The Kier molecular flexibility index (Phi) is 3.64. The summed E-state index contributed by atoms with van der Waals surface area (Å²) in [5.41, 5.74) is 8.42. The van der Waals surface area contributed by atoms with Crippen molar-refractivity contribution < 1.29 is 9.47 Å². The van der Waals surface area contributed by atoms with Crippen LogP contribution in [0.25, 0.3) is 0 Å². The Balaban J connectivity index is 2.16. The van der Waals surface area contributed by atoms with E-state index in [9.17, 15) is 0 Å². The highest BCUT2D eigenvalue weighted by atomic mass is 16.5. The van der Waals surface area contributed by atoms with Crippen molar-refractivity contribution in [2.24, 2.45) is 5.73 Å². The largest absolute Gasteiger partial charge is 0.490 e. The van der Waals surface area contributed by atoms with Crippen LogP contribution in [0.5, 0.6) is 5.75 Å². The fraction of sp³-hybridized carbons (Fsp3) is 0.600. The number of ether oxygens (including phenoxy) is 2. The molecule has 1 aliphatic heterocycles. The summed E-state index contributed by atoms with van der Waals surface area (Å²) in [6.07, 6.45) is 1.83. The van der Waals surface area contributed by atoms with Gasteiger partial charge < -0.3 is 15.2 Å². The van der Waals surface area contributed by atoms with Crippen molar-refractivity contribution in [2.45, 2.75) is 51.4 Å². The molecule has 0 aromatic heterocycles. The first-order valence-electron chi connectivity index (χ1n) is 6.49. The molecule has 2 N–H and O–H groups in total. The quantitative estimate of drug-likeness (QED) is 0.895. The Labute approximate surface area is 109 Å². The Morgan fingerprint density at radius 1 is 1.44 bits per heavy atom. The van der Waals surface area contributed by atoms with Crippen LogP contribution in [0.15, 0.2) is 18.2 Å². The van der Waals surface area contributed by atoms with Crippen molar-refractivity contribution in [1.29, 1.82) is 0 Å². The first kappa shape index (κ1) is 13.4. The van der Waals surface area contributed by atoms with E-state index in [0.29, 0.717) is 0 Å². The molecule has 1 aromatic carbocycles. The van der Waals surface area contributed by atoms with E-state index in [0.717, 1.165) is 24.2 Å². The van der Waals surface area contributed by atoms with Gasteiger partial charge in [0.25, 0.3) is 0 Å². The van der Waals surface area contributed by atoms with E-state index in [4.69, 9.17) is 15.2 Å². The van der Waals surface area contributed by atoms with Gasteiger partial charge in [-0.1, -0.05) is 17.7 Å². The summed E-state index contributed by atoms with van der Waals surface area (Å²) in [4.78, 5) is 0. The van der Waals surface area contributed by atoms with E-state index in [2.05, 4.69) is 32.9 Å². The van der Waals surface area contributed by atoms with E-state index >= 15 is 0 Å². The monoisotopic (exact) mass is 249 g/mol. The summed E-state index contributed by atoms with van der Waals surface area (Å²) >= 11 is 0. The molecule has 100 valence electrons. The predicted octanol–water partition coefficient (Wildman–Crippen LogP) is 2.96. The smallest absolute Gasteiger partial charge is 0.124 e. The van der Waals surface area contributed by atoms with Crippen molar-refractivity contribution in [3.05, 3.63) is 29.3 Å². The van der Waals surface area contributed by atoms with Gasteiger partial charge in [-0.2, -0.15) is 0 Å². The van der Waals surface area contributed by atoms with E-state index in [1.807, 2.05) is 6.07 Å². The average Bonchev–Trinajstić information content (AvgIpc) is 2.30. The lowest BCUT2D eigenvalue weighted by Gasteiger charge is -2.35. The van der Waals surface area contributed by atoms with Gasteiger partial charge >= 0.3 is 0 Å². The zero-order chi connectivity index (χ0) is 13.3. The van der Waals surface area contributed by atoms with Gasteiger partial charge in [0, 0.05) is 31.6 Å². The van der Waals surface area contributed by atoms with Crippen LogP contribution in [0.2, 0.25) is 0 Å². The highest BCUT2D eigenvalue weighted by Crippen LogP contribution is 2.36. The summed E-state index contributed by atoms with van der Waals surface area (Å²) in [5, 5.41) is 0. The second-order valence-electron chi connectivity index (χ2n) is 5.79. The number of aryl methyl sites for hydroxylation is 1. The zero-order valence-electron chi connectivity index (χ0n) is 11.7. The molecule has 0 fully saturated rings. The molecule has 1 unspecified atom stereocenters. The van der Waals surface area contributed by atoms with E-state index in [1.165, 1.54) is 5.56 Å². The molecule has 0 amide bonds. The summed E-state index contributed by atoms with van der Waals surface area (Å²) in [7, 11) is 1.74. The molecule has 0 radical (unpaired) electrons. The topological polar surface area (TPSA) is 44.5 Å². The molecule has 18 heavy (non-hydrogen) atoms. The van der Waals surface area contributed by atoms with Crippen LogP contribution in [0.1, 0.15) is 43.9 Å². The number of hydrogen-bond donors (Lipinski definition) is 1. The van der Waals surface area contributed by atoms with Crippen LogP contribution in [0.4, 0.5) is 0 Å². The summed E-state index contributed by atoms with van der Waals surface area (Å²) < 4.78 is 11.5. The number of nitrogens with two attached hydrogens (primary N) is 1. The summed E-state index contributed by atoms with van der Waals surface area (Å²) in [6.45, 7) is 6.23.